The van der Waals surface area contributed by atoms with Crippen LogP contribution in [0.2, 0.25) is 0 Å². The van der Waals surface area contributed by atoms with E-state index in [0.717, 1.165) is 30.4 Å². The van der Waals surface area contributed by atoms with Gasteiger partial charge in [0.2, 0.25) is 11.8 Å². The van der Waals surface area contributed by atoms with Gasteiger partial charge in [0, 0.05) is 18.9 Å². The summed E-state index contributed by atoms with van der Waals surface area (Å²) in [4.78, 5) is 57.4. The Balaban J connectivity index is 1.49. The number of benzene rings is 2. The van der Waals surface area contributed by atoms with E-state index in [9.17, 15) is 24.3 Å². The lowest BCUT2D eigenvalue weighted by Crippen LogP contribution is -2.59. The molecule has 4 bridgehead atoms. The molecule has 0 spiro atoms. The van der Waals surface area contributed by atoms with Crippen molar-refractivity contribution in [1.82, 2.24) is 4.90 Å². The van der Waals surface area contributed by atoms with Crippen LogP contribution in [0.4, 0.5) is 5.69 Å². The maximum atomic E-state index is 14.9. The van der Waals surface area contributed by atoms with Crippen LogP contribution in [-0.4, -0.2) is 45.7 Å². The van der Waals surface area contributed by atoms with Gasteiger partial charge in [-0.1, -0.05) is 36.4 Å². The van der Waals surface area contributed by atoms with Gasteiger partial charge in [0.15, 0.2) is 5.78 Å². The molecule has 1 heterocycles. The number of fused-ring (bicyclic) bond motifs is 1. The molecule has 0 radical (unpaired) electrons. The number of hydrogen-bond donors (Lipinski definition) is 1. The predicted molar refractivity (Wildman–Crippen MR) is 151 cm³/mol. The standard InChI is InChI=1S/C33H38N2O5/c1-20-7-3-4-8-25(20)19-34-27-10-6-5-9-26(27)30(37)14-28(32(39)40)35(21(2)36)29(31(34)38)18-33-15-22-11-23(16-33)13-24(12-22)17-33/h3-10,22-24,28-29H,11-19H2,1-2H3,(H,39,40)/t22?,23?,24?,28-,29+,33?/m0/s1. The van der Waals surface area contributed by atoms with Crippen LogP contribution < -0.4 is 4.90 Å². The van der Waals surface area contributed by atoms with Gasteiger partial charge < -0.3 is 14.9 Å². The van der Waals surface area contributed by atoms with Gasteiger partial charge in [-0.15, -0.1) is 0 Å². The number of Topliss-reactive ketones (excluding diaryl/α,β-unsaturated/α-hetero) is 1. The highest BCUT2D eigenvalue weighted by molar-refractivity contribution is 6.10. The Morgan fingerprint density at radius 3 is 2.12 bits per heavy atom. The summed E-state index contributed by atoms with van der Waals surface area (Å²) >= 11 is 0. The third-order valence-electron chi connectivity index (χ3n) is 10.1. The highest BCUT2D eigenvalue weighted by Crippen LogP contribution is 2.62. The summed E-state index contributed by atoms with van der Waals surface area (Å²) in [6.07, 6.45) is 6.89. The van der Waals surface area contributed by atoms with Gasteiger partial charge in [0.25, 0.3) is 0 Å². The quantitative estimate of drug-likeness (QED) is 0.547. The van der Waals surface area contributed by atoms with Gasteiger partial charge in [0.1, 0.15) is 12.1 Å². The molecule has 210 valence electrons. The number of rotatable bonds is 5. The normalized spacial score (nSPS) is 31.4. The average molecular weight is 543 g/mol. The van der Waals surface area contributed by atoms with Gasteiger partial charge in [-0.25, -0.2) is 4.79 Å². The van der Waals surface area contributed by atoms with Crippen molar-refractivity contribution in [1.29, 1.82) is 0 Å². The number of anilines is 1. The van der Waals surface area contributed by atoms with E-state index >= 15 is 0 Å². The summed E-state index contributed by atoms with van der Waals surface area (Å²) in [5.74, 6) is -0.492. The number of carbonyl (C=O) groups is 4. The number of nitrogens with zero attached hydrogens (tertiary/aromatic N) is 2. The van der Waals surface area contributed by atoms with Crippen molar-refractivity contribution in [3.63, 3.8) is 0 Å². The number of ketones is 1. The van der Waals surface area contributed by atoms with Crippen molar-refractivity contribution in [2.45, 2.75) is 83.8 Å². The van der Waals surface area contributed by atoms with Crippen molar-refractivity contribution in [2.24, 2.45) is 23.2 Å². The zero-order valence-corrected chi connectivity index (χ0v) is 23.3. The molecule has 7 nitrogen and oxygen atoms in total. The topological polar surface area (TPSA) is 95.0 Å². The van der Waals surface area contributed by atoms with Crippen LogP contribution in [0.3, 0.4) is 0 Å². The minimum Gasteiger partial charge on any atom is -0.480 e. The molecule has 2 atom stereocenters. The fraction of sp³-hybridized carbons (Fsp3) is 0.515. The van der Waals surface area contributed by atoms with E-state index in [1.54, 1.807) is 29.2 Å². The number of para-hydroxylation sites is 1. The third kappa shape index (κ3) is 4.73. The van der Waals surface area contributed by atoms with Crippen molar-refractivity contribution < 1.29 is 24.3 Å². The van der Waals surface area contributed by atoms with Crippen LogP contribution in [0.25, 0.3) is 0 Å². The maximum Gasteiger partial charge on any atom is 0.326 e. The zero-order valence-electron chi connectivity index (χ0n) is 23.3. The van der Waals surface area contributed by atoms with Crippen molar-refractivity contribution in [3.05, 3.63) is 65.2 Å². The Labute approximate surface area is 235 Å². The summed E-state index contributed by atoms with van der Waals surface area (Å²) in [7, 11) is 0. The molecule has 5 aliphatic rings. The SMILES string of the molecule is CC(=O)N1[C@H](CC23CC4CC(CC(C4)C2)C3)C(=O)N(Cc2ccccc2C)c2ccccc2C(=O)C[C@H]1C(=O)O. The number of amides is 2. The van der Waals surface area contributed by atoms with E-state index in [1.807, 2.05) is 31.2 Å². The lowest BCUT2D eigenvalue weighted by atomic mass is 9.48. The minimum absolute atomic E-state index is 0.0856. The lowest BCUT2D eigenvalue weighted by molar-refractivity contribution is -0.156. The molecular weight excluding hydrogens is 504 g/mol. The van der Waals surface area contributed by atoms with Gasteiger partial charge in [0.05, 0.1) is 12.2 Å². The van der Waals surface area contributed by atoms with Gasteiger partial charge in [-0.2, -0.15) is 0 Å². The van der Waals surface area contributed by atoms with E-state index in [2.05, 4.69) is 0 Å². The van der Waals surface area contributed by atoms with E-state index in [-0.39, 0.29) is 30.1 Å². The summed E-state index contributed by atoms with van der Waals surface area (Å²) in [5, 5.41) is 10.3. The van der Waals surface area contributed by atoms with Crippen molar-refractivity contribution in [2.75, 3.05) is 4.90 Å². The molecule has 1 N–H and O–H groups in total. The van der Waals surface area contributed by atoms with Crippen LogP contribution >= 0.6 is 0 Å². The Hall–Kier alpha value is -3.48. The number of hydrogen-bond acceptors (Lipinski definition) is 4. The number of aryl methyl sites for hydroxylation is 1. The largest absolute Gasteiger partial charge is 0.480 e. The van der Waals surface area contributed by atoms with Gasteiger partial charge in [-0.3, -0.25) is 14.4 Å². The molecular formula is C33H38N2O5. The molecule has 2 aromatic rings. The number of carboxylic acid groups (broad SMARTS) is 1. The maximum absolute atomic E-state index is 14.9. The summed E-state index contributed by atoms with van der Waals surface area (Å²) in [5.41, 5.74) is 2.66. The Bertz CT molecular complexity index is 1330. The number of carboxylic acids is 1. The highest BCUT2D eigenvalue weighted by atomic mass is 16.4. The van der Waals surface area contributed by atoms with Gasteiger partial charge >= 0.3 is 5.97 Å². The van der Waals surface area contributed by atoms with Crippen LogP contribution in [0, 0.1) is 30.1 Å². The van der Waals surface area contributed by atoms with E-state index < -0.39 is 24.0 Å². The van der Waals surface area contributed by atoms with Crippen molar-refractivity contribution in [3.8, 4) is 0 Å². The molecule has 4 saturated carbocycles. The number of carbonyl (C=O) groups excluding carboxylic acids is 3. The summed E-state index contributed by atoms with van der Waals surface area (Å²) in [6, 6.07) is 12.4. The summed E-state index contributed by atoms with van der Waals surface area (Å²) < 4.78 is 0. The van der Waals surface area contributed by atoms with Gasteiger partial charge in [-0.05, 0) is 98.3 Å². The second-order valence-electron chi connectivity index (χ2n) is 12.9. The van der Waals surface area contributed by atoms with Crippen molar-refractivity contribution >= 4 is 29.3 Å². The molecule has 40 heavy (non-hydrogen) atoms. The number of aliphatic carboxylic acids is 1. The first-order chi connectivity index (χ1) is 19.1. The van der Waals surface area contributed by atoms with Crippen LogP contribution in [0.15, 0.2) is 48.5 Å². The summed E-state index contributed by atoms with van der Waals surface area (Å²) in [6.45, 7) is 3.55. The zero-order chi connectivity index (χ0) is 28.2. The second-order valence-corrected chi connectivity index (χ2v) is 12.9. The fourth-order valence-electron chi connectivity index (χ4n) is 8.87. The second kappa shape index (κ2) is 10.2. The molecule has 0 aromatic heterocycles. The predicted octanol–water partition coefficient (Wildman–Crippen LogP) is 5.39. The first-order valence-corrected chi connectivity index (χ1v) is 14.6. The fourth-order valence-corrected chi connectivity index (χ4v) is 8.87. The van der Waals surface area contributed by atoms with E-state index in [0.29, 0.717) is 35.4 Å². The molecule has 2 aromatic carbocycles. The first kappa shape index (κ1) is 26.7. The average Bonchev–Trinajstić information content (AvgIpc) is 2.93. The first-order valence-electron chi connectivity index (χ1n) is 14.6. The van der Waals surface area contributed by atoms with E-state index in [4.69, 9.17) is 0 Å². The highest BCUT2D eigenvalue weighted by Gasteiger charge is 2.54. The molecule has 7 rings (SSSR count). The molecule has 4 aliphatic carbocycles. The minimum atomic E-state index is -1.40. The van der Waals surface area contributed by atoms with Crippen LogP contribution in [0.5, 0.6) is 0 Å². The molecule has 0 saturated heterocycles. The molecule has 4 fully saturated rings. The molecule has 0 unspecified atom stereocenters. The molecule has 1 aliphatic heterocycles. The Morgan fingerprint density at radius 1 is 0.925 bits per heavy atom. The van der Waals surface area contributed by atoms with Crippen LogP contribution in [-0.2, 0) is 20.9 Å². The molecule has 7 heteroatoms. The Kier molecular flexibility index (Phi) is 6.79. The third-order valence-corrected chi connectivity index (χ3v) is 10.1. The van der Waals surface area contributed by atoms with Crippen LogP contribution in [0.1, 0.15) is 79.8 Å². The van der Waals surface area contributed by atoms with E-state index in [1.165, 1.54) is 31.1 Å². The Morgan fingerprint density at radius 2 is 1.52 bits per heavy atom. The lowest BCUT2D eigenvalue weighted by Gasteiger charge is -2.58. The molecule has 2 amide bonds. The smallest absolute Gasteiger partial charge is 0.326 e. The monoisotopic (exact) mass is 542 g/mol.